The van der Waals surface area contributed by atoms with Crippen molar-refractivity contribution in [2.45, 2.75) is 31.5 Å². The van der Waals surface area contributed by atoms with E-state index in [9.17, 15) is 27.6 Å². The molecule has 1 aromatic carbocycles. The molecule has 1 fully saturated rings. The normalized spacial score (nSPS) is 14.2. The van der Waals surface area contributed by atoms with E-state index < -0.39 is 35.5 Å². The van der Waals surface area contributed by atoms with E-state index in [4.69, 9.17) is 23.2 Å². The van der Waals surface area contributed by atoms with Gasteiger partial charge < -0.3 is 9.47 Å². The predicted molar refractivity (Wildman–Crippen MR) is 134 cm³/mol. The number of likely N-dealkylation sites (tertiary alicyclic amines) is 1. The second-order valence-electron chi connectivity index (χ2n) is 8.28. The van der Waals surface area contributed by atoms with E-state index in [-0.39, 0.29) is 21.5 Å². The van der Waals surface area contributed by atoms with Crippen LogP contribution >= 0.6 is 34.5 Å². The van der Waals surface area contributed by atoms with Crippen LogP contribution in [0.1, 0.15) is 45.4 Å². The summed E-state index contributed by atoms with van der Waals surface area (Å²) in [7, 11) is 0. The van der Waals surface area contributed by atoms with Crippen molar-refractivity contribution in [3.63, 3.8) is 0 Å². The Morgan fingerprint density at radius 2 is 1.78 bits per heavy atom. The lowest BCUT2D eigenvalue weighted by Crippen LogP contribution is -2.41. The van der Waals surface area contributed by atoms with E-state index in [0.717, 1.165) is 15.6 Å². The number of amides is 1. The van der Waals surface area contributed by atoms with Gasteiger partial charge in [-0.1, -0.05) is 29.3 Å². The summed E-state index contributed by atoms with van der Waals surface area (Å²) < 4.78 is 39.6. The second kappa shape index (κ2) is 11.1. The summed E-state index contributed by atoms with van der Waals surface area (Å²) >= 11 is 13.5. The minimum atomic E-state index is -4.61. The Kier molecular flexibility index (Phi) is 8.07. The van der Waals surface area contributed by atoms with Gasteiger partial charge in [-0.25, -0.2) is 4.98 Å². The van der Waals surface area contributed by atoms with Crippen LogP contribution in [0, 0.1) is 11.8 Å². The molecule has 1 aliphatic rings. The lowest BCUT2D eigenvalue weighted by molar-refractivity contribution is -0.139. The van der Waals surface area contributed by atoms with Crippen molar-refractivity contribution in [2.75, 3.05) is 13.1 Å². The minimum Gasteiger partial charge on any atom is -0.341 e. The molecule has 4 rings (SSSR count). The first-order valence-corrected chi connectivity index (χ1v) is 12.7. The molecular formula is C25H18Cl2F3N3O3S. The van der Waals surface area contributed by atoms with Crippen molar-refractivity contribution in [3.05, 3.63) is 84.1 Å². The van der Waals surface area contributed by atoms with Gasteiger partial charge in [0.05, 0.1) is 26.2 Å². The van der Waals surface area contributed by atoms with Gasteiger partial charge in [0, 0.05) is 36.7 Å². The Morgan fingerprint density at radius 1 is 1.11 bits per heavy atom. The number of alkyl halides is 3. The van der Waals surface area contributed by atoms with Crippen LogP contribution in [-0.2, 0) is 17.5 Å². The van der Waals surface area contributed by atoms with Crippen LogP contribution in [0.5, 0.6) is 0 Å². The van der Waals surface area contributed by atoms with E-state index in [1.54, 1.807) is 23.6 Å². The maximum absolute atomic E-state index is 12.9. The van der Waals surface area contributed by atoms with E-state index in [1.165, 1.54) is 16.2 Å². The zero-order chi connectivity index (χ0) is 26.7. The molecule has 0 unspecified atom stereocenters. The number of carbonyl (C=O) groups is 2. The lowest BCUT2D eigenvalue weighted by Gasteiger charge is -2.31. The number of hydrogen-bond acceptors (Lipinski definition) is 5. The molecule has 37 heavy (non-hydrogen) atoms. The van der Waals surface area contributed by atoms with Gasteiger partial charge in [0.1, 0.15) is 12.2 Å². The molecule has 1 amide bonds. The molecule has 0 saturated carbocycles. The number of Topliss-reactive ketones (excluding diaryl/α,β-unsaturated/α-hetero) is 1. The molecule has 12 heteroatoms. The standard InChI is InChI=1S/C25H18Cl2F3N3O3S/c26-18-2-1-3-19(27)23(18)20(34)6-5-17-14-37-24(31-17)15-8-10-32(11-9-15)22(36)13-33-12-16(25(28,29)30)4-7-21(33)35/h1-4,7,12,14-15H,8-11,13H2. The third kappa shape index (κ3) is 6.42. The molecule has 0 N–H and O–H groups in total. The quantitative estimate of drug-likeness (QED) is 0.318. The summed E-state index contributed by atoms with van der Waals surface area (Å²) in [5, 5.41) is 2.98. The lowest BCUT2D eigenvalue weighted by atomic mass is 9.97. The average Bonchev–Trinajstić information content (AvgIpc) is 3.32. The molecule has 0 bridgehead atoms. The Hall–Kier alpha value is -3.13. The predicted octanol–water partition coefficient (Wildman–Crippen LogP) is 5.27. The molecule has 1 saturated heterocycles. The third-order valence-electron chi connectivity index (χ3n) is 5.83. The highest BCUT2D eigenvalue weighted by Gasteiger charge is 2.31. The maximum atomic E-state index is 12.9. The smallest absolute Gasteiger partial charge is 0.341 e. The Labute approximate surface area is 223 Å². The van der Waals surface area contributed by atoms with Crippen molar-refractivity contribution in [1.29, 1.82) is 0 Å². The van der Waals surface area contributed by atoms with Crippen LogP contribution in [-0.4, -0.2) is 39.2 Å². The first-order chi connectivity index (χ1) is 17.5. The molecule has 1 aliphatic heterocycles. The largest absolute Gasteiger partial charge is 0.417 e. The molecule has 0 spiro atoms. The maximum Gasteiger partial charge on any atom is 0.417 e. The van der Waals surface area contributed by atoms with Gasteiger partial charge in [0.15, 0.2) is 0 Å². The number of thiazole rings is 1. The molecule has 0 atom stereocenters. The fraction of sp³-hybridized carbons (Fsp3) is 0.280. The molecule has 3 heterocycles. The van der Waals surface area contributed by atoms with Crippen molar-refractivity contribution < 1.29 is 22.8 Å². The number of aromatic nitrogens is 2. The number of benzene rings is 1. The second-order valence-corrected chi connectivity index (χ2v) is 9.99. The van der Waals surface area contributed by atoms with Crippen molar-refractivity contribution in [3.8, 4) is 11.8 Å². The summed E-state index contributed by atoms with van der Waals surface area (Å²) in [6, 6.07) is 6.24. The van der Waals surface area contributed by atoms with Crippen LogP contribution < -0.4 is 5.56 Å². The molecule has 192 valence electrons. The van der Waals surface area contributed by atoms with E-state index in [2.05, 4.69) is 16.8 Å². The van der Waals surface area contributed by atoms with Crippen LogP contribution in [0.4, 0.5) is 13.2 Å². The fourth-order valence-electron chi connectivity index (χ4n) is 3.87. The van der Waals surface area contributed by atoms with Gasteiger partial charge in [-0.2, -0.15) is 13.2 Å². The SMILES string of the molecule is O=C(C#Cc1csc(C2CCN(C(=O)Cn3cc(C(F)(F)F)ccc3=O)CC2)n1)c1c(Cl)cccc1Cl. The van der Waals surface area contributed by atoms with E-state index in [0.29, 0.717) is 43.9 Å². The van der Waals surface area contributed by atoms with Crippen molar-refractivity contribution in [1.82, 2.24) is 14.5 Å². The van der Waals surface area contributed by atoms with E-state index >= 15 is 0 Å². The number of rotatable bonds is 4. The molecular weight excluding hydrogens is 550 g/mol. The number of carbonyl (C=O) groups excluding carboxylic acids is 2. The first-order valence-electron chi connectivity index (χ1n) is 11.0. The number of halogens is 5. The van der Waals surface area contributed by atoms with Crippen LogP contribution in [0.15, 0.2) is 46.7 Å². The third-order valence-corrected chi connectivity index (χ3v) is 7.47. The first kappa shape index (κ1) is 26.9. The summed E-state index contributed by atoms with van der Waals surface area (Å²) in [5.41, 5.74) is -1.10. The van der Waals surface area contributed by atoms with Gasteiger partial charge in [-0.15, -0.1) is 11.3 Å². The number of pyridine rings is 1. The summed E-state index contributed by atoms with van der Waals surface area (Å²) in [5.74, 6) is 4.37. The van der Waals surface area contributed by atoms with Gasteiger partial charge in [0.25, 0.3) is 5.56 Å². The Balaban J connectivity index is 1.36. The van der Waals surface area contributed by atoms with Crippen LogP contribution in [0.2, 0.25) is 10.0 Å². The Bertz CT molecular complexity index is 1450. The van der Waals surface area contributed by atoms with Gasteiger partial charge in [-0.05, 0) is 42.9 Å². The highest BCUT2D eigenvalue weighted by Crippen LogP contribution is 2.31. The Morgan fingerprint density at radius 3 is 2.43 bits per heavy atom. The average molecular weight is 568 g/mol. The molecule has 3 aromatic rings. The number of piperidine rings is 1. The van der Waals surface area contributed by atoms with Crippen molar-refractivity contribution >= 4 is 46.2 Å². The van der Waals surface area contributed by atoms with Gasteiger partial charge in [0.2, 0.25) is 11.7 Å². The summed E-state index contributed by atoms with van der Waals surface area (Å²) in [6.45, 7) is 0.288. The molecule has 6 nitrogen and oxygen atoms in total. The molecule has 0 radical (unpaired) electrons. The van der Waals surface area contributed by atoms with E-state index in [1.807, 2.05) is 0 Å². The summed E-state index contributed by atoms with van der Waals surface area (Å²) in [6.07, 6.45) is -2.76. The highest BCUT2D eigenvalue weighted by atomic mass is 35.5. The van der Waals surface area contributed by atoms with Crippen LogP contribution in [0.3, 0.4) is 0 Å². The number of ketones is 1. The molecule has 0 aliphatic carbocycles. The monoisotopic (exact) mass is 567 g/mol. The minimum absolute atomic E-state index is 0.0644. The zero-order valence-corrected chi connectivity index (χ0v) is 21.3. The highest BCUT2D eigenvalue weighted by molar-refractivity contribution is 7.09. The molecule has 2 aromatic heterocycles. The summed E-state index contributed by atoms with van der Waals surface area (Å²) in [4.78, 5) is 43.0. The van der Waals surface area contributed by atoms with Gasteiger partial charge in [-0.3, -0.25) is 14.4 Å². The number of hydrogen-bond donors (Lipinski definition) is 0. The fourth-order valence-corrected chi connectivity index (χ4v) is 5.37. The zero-order valence-electron chi connectivity index (χ0n) is 19.0. The van der Waals surface area contributed by atoms with Crippen molar-refractivity contribution in [2.24, 2.45) is 0 Å². The topological polar surface area (TPSA) is 72.3 Å². The number of nitrogens with zero attached hydrogens (tertiary/aromatic N) is 3. The van der Waals surface area contributed by atoms with Crippen LogP contribution in [0.25, 0.3) is 0 Å². The van der Waals surface area contributed by atoms with Gasteiger partial charge >= 0.3 is 6.18 Å².